The highest BCUT2D eigenvalue weighted by Crippen LogP contribution is 2.24. The molecule has 1 fully saturated rings. The SMILES string of the molecule is C=C/N=C(\N(C)CCCC)N1CCC(CC(C)C)CC1. The van der Waals surface area contributed by atoms with Gasteiger partial charge in [-0.05, 0) is 37.5 Å². The fraction of sp³-hybridized carbons (Fsp3) is 0.824. The third kappa shape index (κ3) is 5.56. The topological polar surface area (TPSA) is 18.8 Å². The third-order valence-electron chi connectivity index (χ3n) is 4.10. The van der Waals surface area contributed by atoms with Gasteiger partial charge >= 0.3 is 0 Å². The van der Waals surface area contributed by atoms with Gasteiger partial charge in [-0.1, -0.05) is 33.8 Å². The molecule has 0 aromatic heterocycles. The number of unbranched alkanes of at least 4 members (excludes halogenated alkanes) is 1. The maximum atomic E-state index is 4.52. The lowest BCUT2D eigenvalue weighted by Gasteiger charge is -2.37. The molecule has 0 N–H and O–H groups in total. The highest BCUT2D eigenvalue weighted by Gasteiger charge is 2.23. The minimum atomic E-state index is 0.820. The van der Waals surface area contributed by atoms with Gasteiger partial charge in [0.2, 0.25) is 5.96 Å². The van der Waals surface area contributed by atoms with Crippen molar-refractivity contribution in [3.8, 4) is 0 Å². The van der Waals surface area contributed by atoms with Crippen LogP contribution < -0.4 is 0 Å². The fourth-order valence-corrected chi connectivity index (χ4v) is 3.03. The van der Waals surface area contributed by atoms with Crippen LogP contribution in [0.5, 0.6) is 0 Å². The Hall–Kier alpha value is -0.990. The van der Waals surface area contributed by atoms with Gasteiger partial charge in [-0.2, -0.15) is 0 Å². The molecule has 0 atom stereocenters. The van der Waals surface area contributed by atoms with Crippen molar-refractivity contribution >= 4 is 5.96 Å². The van der Waals surface area contributed by atoms with Gasteiger partial charge in [0.25, 0.3) is 0 Å². The molecule has 1 rings (SSSR count). The molecular weight excluding hydrogens is 246 g/mol. The molecule has 1 aliphatic heterocycles. The molecule has 0 aromatic rings. The van der Waals surface area contributed by atoms with Gasteiger partial charge in [0, 0.05) is 32.9 Å². The molecule has 1 saturated heterocycles. The Bertz CT molecular complexity index is 301. The molecule has 0 aromatic carbocycles. The molecule has 116 valence electrons. The normalized spacial score (nSPS) is 17.6. The molecule has 0 radical (unpaired) electrons. The highest BCUT2D eigenvalue weighted by atomic mass is 15.4. The van der Waals surface area contributed by atoms with E-state index in [1.165, 1.54) is 32.1 Å². The molecule has 20 heavy (non-hydrogen) atoms. The molecule has 0 unspecified atom stereocenters. The first-order chi connectivity index (χ1) is 9.58. The summed E-state index contributed by atoms with van der Waals surface area (Å²) in [6.07, 6.45) is 8.09. The Morgan fingerprint density at radius 3 is 2.55 bits per heavy atom. The number of likely N-dealkylation sites (tertiary alicyclic amines) is 1. The monoisotopic (exact) mass is 279 g/mol. The van der Waals surface area contributed by atoms with Crippen molar-refractivity contribution in [2.24, 2.45) is 16.8 Å². The van der Waals surface area contributed by atoms with E-state index in [9.17, 15) is 0 Å². The van der Waals surface area contributed by atoms with Crippen LogP contribution in [0.4, 0.5) is 0 Å². The van der Waals surface area contributed by atoms with Crippen molar-refractivity contribution in [2.75, 3.05) is 26.7 Å². The Balaban J connectivity index is 2.53. The number of hydrogen-bond donors (Lipinski definition) is 0. The van der Waals surface area contributed by atoms with Crippen LogP contribution in [0.15, 0.2) is 17.8 Å². The van der Waals surface area contributed by atoms with Crippen molar-refractivity contribution in [3.63, 3.8) is 0 Å². The maximum absolute atomic E-state index is 4.52. The second-order valence-corrected chi connectivity index (χ2v) is 6.45. The molecule has 0 amide bonds. The summed E-state index contributed by atoms with van der Waals surface area (Å²) in [5.74, 6) is 2.83. The maximum Gasteiger partial charge on any atom is 0.200 e. The standard InChI is InChI=1S/C17H33N3/c1-6-8-11-19(5)17(18-7-2)20-12-9-16(10-13-20)14-15(3)4/h7,15-16H,2,6,8-14H2,1,3-5H3/b18-17+. The van der Waals surface area contributed by atoms with Crippen molar-refractivity contribution < 1.29 is 0 Å². The summed E-state index contributed by atoms with van der Waals surface area (Å²) in [6.45, 7) is 14.0. The second-order valence-electron chi connectivity index (χ2n) is 6.45. The number of rotatable bonds is 6. The smallest absolute Gasteiger partial charge is 0.200 e. The average Bonchev–Trinajstić information content (AvgIpc) is 2.42. The van der Waals surface area contributed by atoms with Crippen LogP contribution in [-0.2, 0) is 0 Å². The zero-order chi connectivity index (χ0) is 15.0. The Morgan fingerprint density at radius 2 is 2.05 bits per heavy atom. The molecule has 3 heteroatoms. The largest absolute Gasteiger partial charge is 0.346 e. The van der Waals surface area contributed by atoms with Gasteiger partial charge in [-0.25, -0.2) is 4.99 Å². The second kappa shape index (κ2) is 9.04. The van der Waals surface area contributed by atoms with Crippen LogP contribution in [-0.4, -0.2) is 42.4 Å². The molecule has 1 heterocycles. The predicted molar refractivity (Wildman–Crippen MR) is 88.9 cm³/mol. The quantitative estimate of drug-likeness (QED) is 0.541. The molecule has 0 aliphatic carbocycles. The van der Waals surface area contributed by atoms with Crippen LogP contribution in [0.25, 0.3) is 0 Å². The zero-order valence-corrected chi connectivity index (χ0v) is 13.9. The van der Waals surface area contributed by atoms with Crippen LogP contribution >= 0.6 is 0 Å². The van der Waals surface area contributed by atoms with Crippen LogP contribution in [0, 0.1) is 11.8 Å². The number of guanidine groups is 1. The lowest BCUT2D eigenvalue weighted by atomic mass is 9.89. The van der Waals surface area contributed by atoms with Crippen LogP contribution in [0.3, 0.4) is 0 Å². The Labute approximate surface area is 125 Å². The van der Waals surface area contributed by atoms with E-state index >= 15 is 0 Å². The van der Waals surface area contributed by atoms with Gasteiger partial charge in [-0.15, -0.1) is 0 Å². The van der Waals surface area contributed by atoms with E-state index in [2.05, 4.69) is 49.2 Å². The molecule has 0 bridgehead atoms. The summed E-state index contributed by atoms with van der Waals surface area (Å²) in [5, 5.41) is 0. The zero-order valence-electron chi connectivity index (χ0n) is 13.9. The first-order valence-corrected chi connectivity index (χ1v) is 8.23. The van der Waals surface area contributed by atoms with Gasteiger partial charge in [0.15, 0.2) is 0 Å². The summed E-state index contributed by atoms with van der Waals surface area (Å²) >= 11 is 0. The van der Waals surface area contributed by atoms with Gasteiger partial charge in [0.1, 0.15) is 0 Å². The minimum Gasteiger partial charge on any atom is -0.346 e. The van der Waals surface area contributed by atoms with E-state index in [1.807, 2.05) is 0 Å². The number of nitrogens with zero attached hydrogens (tertiary/aromatic N) is 3. The van der Waals surface area contributed by atoms with Crippen molar-refractivity contribution in [3.05, 3.63) is 12.8 Å². The Kier molecular flexibility index (Phi) is 7.71. The number of aliphatic imine (C=N–C) groups is 1. The summed E-state index contributed by atoms with van der Waals surface area (Å²) in [4.78, 5) is 9.24. The van der Waals surface area contributed by atoms with E-state index in [4.69, 9.17) is 0 Å². The Morgan fingerprint density at radius 1 is 1.40 bits per heavy atom. The summed E-state index contributed by atoms with van der Waals surface area (Å²) < 4.78 is 0. The molecule has 3 nitrogen and oxygen atoms in total. The van der Waals surface area contributed by atoms with Crippen molar-refractivity contribution in [1.82, 2.24) is 9.80 Å². The lowest BCUT2D eigenvalue weighted by Crippen LogP contribution is -2.46. The van der Waals surface area contributed by atoms with E-state index < -0.39 is 0 Å². The molecular formula is C17H33N3. The number of piperidine rings is 1. The molecule has 1 aliphatic rings. The van der Waals surface area contributed by atoms with Gasteiger partial charge in [0.05, 0.1) is 0 Å². The predicted octanol–water partition coefficient (Wildman–Crippen LogP) is 3.98. The van der Waals surface area contributed by atoms with E-state index in [0.717, 1.165) is 37.4 Å². The van der Waals surface area contributed by atoms with Gasteiger partial charge < -0.3 is 9.80 Å². The lowest BCUT2D eigenvalue weighted by molar-refractivity contribution is 0.220. The van der Waals surface area contributed by atoms with Crippen molar-refractivity contribution in [1.29, 1.82) is 0 Å². The van der Waals surface area contributed by atoms with Crippen LogP contribution in [0.1, 0.15) is 52.9 Å². The highest BCUT2D eigenvalue weighted by molar-refractivity contribution is 5.80. The van der Waals surface area contributed by atoms with Crippen molar-refractivity contribution in [2.45, 2.75) is 52.9 Å². The number of hydrogen-bond acceptors (Lipinski definition) is 1. The summed E-state index contributed by atoms with van der Waals surface area (Å²) in [6, 6.07) is 0. The van der Waals surface area contributed by atoms with E-state index in [-0.39, 0.29) is 0 Å². The van der Waals surface area contributed by atoms with E-state index in [0.29, 0.717) is 0 Å². The third-order valence-corrected chi connectivity index (χ3v) is 4.10. The fourth-order valence-electron chi connectivity index (χ4n) is 3.03. The minimum absolute atomic E-state index is 0.820. The van der Waals surface area contributed by atoms with Gasteiger partial charge in [-0.3, -0.25) is 0 Å². The molecule has 0 spiro atoms. The average molecular weight is 279 g/mol. The van der Waals surface area contributed by atoms with Crippen LogP contribution in [0.2, 0.25) is 0 Å². The summed E-state index contributed by atoms with van der Waals surface area (Å²) in [7, 11) is 2.15. The first-order valence-electron chi connectivity index (χ1n) is 8.23. The summed E-state index contributed by atoms with van der Waals surface area (Å²) in [5.41, 5.74) is 0. The first kappa shape index (κ1) is 17.1. The molecule has 0 saturated carbocycles. The van der Waals surface area contributed by atoms with E-state index in [1.54, 1.807) is 6.20 Å².